The summed E-state index contributed by atoms with van der Waals surface area (Å²) in [6, 6.07) is 4.24. The van der Waals surface area contributed by atoms with Gasteiger partial charge < -0.3 is 5.11 Å². The molecule has 1 fully saturated rings. The minimum Gasteiger partial charge on any atom is -0.393 e. The Kier molecular flexibility index (Phi) is 5.31. The van der Waals surface area contributed by atoms with Gasteiger partial charge in [0.1, 0.15) is 0 Å². The molecule has 2 N–H and O–H groups in total. The predicted octanol–water partition coefficient (Wildman–Crippen LogP) is 2.82. The van der Waals surface area contributed by atoms with Crippen molar-refractivity contribution in [1.82, 2.24) is 4.72 Å². The molecule has 0 heterocycles. The number of aliphatic hydroxyl groups is 1. The smallest absolute Gasteiger partial charge is 0.240 e. The molecule has 0 amide bonds. The zero-order valence-electron chi connectivity index (χ0n) is 10.9. The van der Waals surface area contributed by atoms with Crippen LogP contribution < -0.4 is 4.72 Å². The van der Waals surface area contributed by atoms with E-state index in [1.54, 1.807) is 0 Å². The van der Waals surface area contributed by atoms with E-state index in [0.717, 1.165) is 25.7 Å². The topological polar surface area (TPSA) is 66.4 Å². The summed E-state index contributed by atoms with van der Waals surface area (Å²) >= 11 is 11.6. The highest BCUT2D eigenvalue weighted by atomic mass is 35.5. The van der Waals surface area contributed by atoms with E-state index in [1.807, 2.05) is 0 Å². The van der Waals surface area contributed by atoms with Crippen LogP contribution in [0.1, 0.15) is 25.7 Å². The first kappa shape index (κ1) is 16.0. The summed E-state index contributed by atoms with van der Waals surface area (Å²) in [5.41, 5.74) is 0. The normalized spacial score (nSPS) is 23.8. The monoisotopic (exact) mass is 337 g/mol. The largest absolute Gasteiger partial charge is 0.393 e. The zero-order chi connectivity index (χ0) is 14.8. The molecule has 1 aromatic carbocycles. The van der Waals surface area contributed by atoms with Gasteiger partial charge in [0, 0.05) is 6.54 Å². The van der Waals surface area contributed by atoms with Crippen molar-refractivity contribution < 1.29 is 13.5 Å². The van der Waals surface area contributed by atoms with Crippen LogP contribution in [0.4, 0.5) is 0 Å². The first-order valence-electron chi connectivity index (χ1n) is 6.51. The van der Waals surface area contributed by atoms with Crippen LogP contribution in [0.3, 0.4) is 0 Å². The Morgan fingerprint density at radius 1 is 1.15 bits per heavy atom. The Labute approximate surface area is 129 Å². The molecule has 2 rings (SSSR count). The molecule has 0 radical (unpaired) electrons. The van der Waals surface area contributed by atoms with Crippen LogP contribution >= 0.6 is 23.2 Å². The number of hydrogen-bond acceptors (Lipinski definition) is 3. The van der Waals surface area contributed by atoms with Gasteiger partial charge in [0.2, 0.25) is 10.0 Å². The van der Waals surface area contributed by atoms with E-state index in [2.05, 4.69) is 4.72 Å². The molecule has 20 heavy (non-hydrogen) atoms. The number of benzene rings is 1. The van der Waals surface area contributed by atoms with Crippen molar-refractivity contribution >= 4 is 33.2 Å². The Balaban J connectivity index is 1.98. The van der Waals surface area contributed by atoms with Gasteiger partial charge in [-0.25, -0.2) is 13.1 Å². The van der Waals surface area contributed by atoms with Gasteiger partial charge in [-0.2, -0.15) is 0 Å². The van der Waals surface area contributed by atoms with E-state index < -0.39 is 10.0 Å². The number of aliphatic hydroxyl groups excluding tert-OH is 1. The van der Waals surface area contributed by atoms with Crippen molar-refractivity contribution in [2.45, 2.75) is 36.7 Å². The number of rotatable bonds is 4. The lowest BCUT2D eigenvalue weighted by atomic mass is 9.88. The molecule has 0 unspecified atom stereocenters. The standard InChI is InChI=1S/C13H17Cl2NO3S/c14-12-6-5-11(7-13(12)15)20(18,19)16-8-9-1-3-10(17)4-2-9/h5-7,9-10,16-17H,1-4,8H2. The molecule has 1 aliphatic carbocycles. The van der Waals surface area contributed by atoms with Gasteiger partial charge >= 0.3 is 0 Å². The molecule has 0 aliphatic heterocycles. The molecule has 0 aromatic heterocycles. The van der Waals surface area contributed by atoms with E-state index in [-0.39, 0.29) is 21.9 Å². The highest BCUT2D eigenvalue weighted by molar-refractivity contribution is 7.89. The molecular formula is C13H17Cl2NO3S. The molecule has 4 nitrogen and oxygen atoms in total. The summed E-state index contributed by atoms with van der Waals surface area (Å²) in [7, 11) is -3.57. The molecule has 7 heteroatoms. The minimum absolute atomic E-state index is 0.114. The molecule has 1 saturated carbocycles. The van der Waals surface area contributed by atoms with Gasteiger partial charge in [-0.05, 0) is 49.8 Å². The van der Waals surface area contributed by atoms with E-state index in [1.165, 1.54) is 18.2 Å². The lowest BCUT2D eigenvalue weighted by molar-refractivity contribution is 0.109. The SMILES string of the molecule is O=S(=O)(NCC1CCC(O)CC1)c1ccc(Cl)c(Cl)c1. The van der Waals surface area contributed by atoms with Crippen LogP contribution in [-0.4, -0.2) is 26.2 Å². The van der Waals surface area contributed by atoms with E-state index in [4.69, 9.17) is 23.2 Å². The molecule has 0 spiro atoms. The second-order valence-electron chi connectivity index (χ2n) is 5.10. The van der Waals surface area contributed by atoms with Crippen LogP contribution in [0.15, 0.2) is 23.1 Å². The third-order valence-electron chi connectivity index (χ3n) is 3.58. The Hall–Kier alpha value is -0.330. The minimum atomic E-state index is -3.57. The van der Waals surface area contributed by atoms with Crippen molar-refractivity contribution in [3.8, 4) is 0 Å². The molecule has 1 aliphatic rings. The van der Waals surface area contributed by atoms with Gasteiger partial charge in [0.15, 0.2) is 0 Å². The summed E-state index contributed by atoms with van der Waals surface area (Å²) in [5, 5.41) is 9.97. The fourth-order valence-electron chi connectivity index (χ4n) is 2.30. The molecular weight excluding hydrogens is 321 g/mol. The Morgan fingerprint density at radius 3 is 2.40 bits per heavy atom. The number of hydrogen-bond donors (Lipinski definition) is 2. The number of halogens is 2. The number of nitrogens with one attached hydrogen (secondary N) is 1. The van der Waals surface area contributed by atoms with Crippen LogP contribution in [0.25, 0.3) is 0 Å². The van der Waals surface area contributed by atoms with E-state index >= 15 is 0 Å². The summed E-state index contributed by atoms with van der Waals surface area (Å²) in [6.45, 7) is 0.384. The molecule has 0 atom stereocenters. The van der Waals surface area contributed by atoms with Gasteiger partial charge in [0.25, 0.3) is 0 Å². The quantitative estimate of drug-likeness (QED) is 0.887. The highest BCUT2D eigenvalue weighted by Gasteiger charge is 2.22. The third-order valence-corrected chi connectivity index (χ3v) is 5.74. The zero-order valence-corrected chi connectivity index (χ0v) is 13.2. The first-order chi connectivity index (χ1) is 9.38. The molecule has 0 bridgehead atoms. The van der Waals surface area contributed by atoms with Crippen LogP contribution in [0.5, 0.6) is 0 Å². The molecule has 1 aromatic rings. The van der Waals surface area contributed by atoms with Crippen LogP contribution in [0, 0.1) is 5.92 Å². The average Bonchev–Trinajstić information content (AvgIpc) is 2.41. The third kappa shape index (κ3) is 4.09. The van der Waals surface area contributed by atoms with Crippen molar-refractivity contribution in [3.05, 3.63) is 28.2 Å². The predicted molar refractivity (Wildman–Crippen MR) is 79.6 cm³/mol. The van der Waals surface area contributed by atoms with Gasteiger partial charge in [0.05, 0.1) is 21.0 Å². The summed E-state index contributed by atoms with van der Waals surface area (Å²) in [4.78, 5) is 0.114. The summed E-state index contributed by atoms with van der Waals surface area (Å²) in [6.07, 6.45) is 2.91. The van der Waals surface area contributed by atoms with E-state index in [0.29, 0.717) is 11.6 Å². The Morgan fingerprint density at radius 2 is 1.80 bits per heavy atom. The highest BCUT2D eigenvalue weighted by Crippen LogP contribution is 2.26. The van der Waals surface area contributed by atoms with Gasteiger partial charge in [-0.3, -0.25) is 0 Å². The van der Waals surface area contributed by atoms with Crippen LogP contribution in [-0.2, 0) is 10.0 Å². The molecule has 0 saturated heterocycles. The van der Waals surface area contributed by atoms with Crippen molar-refractivity contribution in [2.75, 3.05) is 6.54 Å². The van der Waals surface area contributed by atoms with Crippen molar-refractivity contribution in [1.29, 1.82) is 0 Å². The van der Waals surface area contributed by atoms with E-state index in [9.17, 15) is 13.5 Å². The Bertz CT molecular complexity index is 569. The maximum absolute atomic E-state index is 12.1. The first-order valence-corrected chi connectivity index (χ1v) is 8.75. The van der Waals surface area contributed by atoms with Crippen molar-refractivity contribution in [3.63, 3.8) is 0 Å². The second-order valence-corrected chi connectivity index (χ2v) is 7.68. The van der Waals surface area contributed by atoms with Gasteiger partial charge in [-0.1, -0.05) is 23.2 Å². The maximum atomic E-state index is 12.1. The fourth-order valence-corrected chi connectivity index (χ4v) is 3.81. The number of sulfonamides is 1. The van der Waals surface area contributed by atoms with Crippen molar-refractivity contribution in [2.24, 2.45) is 5.92 Å². The average molecular weight is 338 g/mol. The van der Waals surface area contributed by atoms with Crippen LogP contribution in [0.2, 0.25) is 10.0 Å². The summed E-state index contributed by atoms with van der Waals surface area (Å²) in [5.74, 6) is 0.274. The maximum Gasteiger partial charge on any atom is 0.240 e. The summed E-state index contributed by atoms with van der Waals surface area (Å²) < 4.78 is 26.9. The van der Waals surface area contributed by atoms with Gasteiger partial charge in [-0.15, -0.1) is 0 Å². The second kappa shape index (κ2) is 6.62. The molecule has 112 valence electrons. The lowest BCUT2D eigenvalue weighted by Crippen LogP contribution is -2.32. The fraction of sp³-hybridized carbons (Fsp3) is 0.538. The lowest BCUT2D eigenvalue weighted by Gasteiger charge is -2.25.